The van der Waals surface area contributed by atoms with Gasteiger partial charge in [0, 0.05) is 18.3 Å². The fourth-order valence-electron chi connectivity index (χ4n) is 3.60. The quantitative estimate of drug-likeness (QED) is 0.443. The molecule has 4 rings (SSSR count). The number of unbranched alkanes of at least 4 members (excludes halogenated alkanes) is 1. The summed E-state index contributed by atoms with van der Waals surface area (Å²) in [6.07, 6.45) is 3.94. The summed E-state index contributed by atoms with van der Waals surface area (Å²) in [5.74, 6) is 1.58. The molecule has 4 nitrogen and oxygen atoms in total. The Bertz CT molecular complexity index is 1010. The highest BCUT2D eigenvalue weighted by Gasteiger charge is 2.41. The Morgan fingerprint density at radius 3 is 2.72 bits per heavy atom. The Morgan fingerprint density at radius 2 is 2.00 bits per heavy atom. The molecule has 1 N–H and O–H groups in total. The number of furan rings is 1. The lowest BCUT2D eigenvalue weighted by Crippen LogP contribution is -2.30. The minimum absolute atomic E-state index is 0.0690. The van der Waals surface area contributed by atoms with E-state index < -0.39 is 0 Å². The standard InChI is InChI=1S/C22H21Cl2N3OS/c1-2-3-12-27-21(20(26-22(27)29)17-6-4-5-11-25-17)19-10-9-18(28-19)14-7-8-15(23)16(24)13-14/h4-11,13,20-21H,2-3,12H2,1H3,(H,26,29)/t20-,21-/m1/s1. The number of thiocarbonyl (C=S) groups is 1. The summed E-state index contributed by atoms with van der Waals surface area (Å²) in [7, 11) is 0. The molecule has 0 aliphatic carbocycles. The topological polar surface area (TPSA) is 41.3 Å². The van der Waals surface area contributed by atoms with Crippen molar-refractivity contribution in [3.05, 3.63) is 76.2 Å². The minimum atomic E-state index is -0.0756. The SMILES string of the molecule is CCCCN1C(=S)N[C@H](c2ccccn2)[C@H]1c1ccc(-c2ccc(Cl)c(Cl)c2)o1. The molecule has 1 saturated heterocycles. The zero-order valence-corrected chi connectivity index (χ0v) is 18.3. The Labute approximate surface area is 185 Å². The third-order valence-electron chi connectivity index (χ3n) is 5.07. The van der Waals surface area contributed by atoms with E-state index in [1.54, 1.807) is 12.3 Å². The van der Waals surface area contributed by atoms with Crippen molar-refractivity contribution in [2.45, 2.75) is 31.8 Å². The second-order valence-electron chi connectivity index (χ2n) is 7.00. The van der Waals surface area contributed by atoms with Crippen LogP contribution in [0.15, 0.2) is 59.1 Å². The van der Waals surface area contributed by atoms with Gasteiger partial charge in [-0.05, 0) is 61.1 Å². The maximum absolute atomic E-state index is 6.29. The summed E-state index contributed by atoms with van der Waals surface area (Å²) < 4.78 is 6.29. The van der Waals surface area contributed by atoms with Gasteiger partial charge in [-0.2, -0.15) is 0 Å². The summed E-state index contributed by atoms with van der Waals surface area (Å²) >= 11 is 17.9. The number of benzene rings is 1. The number of nitrogens with zero attached hydrogens (tertiary/aromatic N) is 2. The average Bonchev–Trinajstić information content (AvgIpc) is 3.34. The first-order valence-corrected chi connectivity index (χ1v) is 10.8. The van der Waals surface area contributed by atoms with Crippen LogP contribution in [0, 0.1) is 0 Å². The number of pyridine rings is 1. The predicted octanol–water partition coefficient (Wildman–Crippen LogP) is 6.42. The highest BCUT2D eigenvalue weighted by atomic mass is 35.5. The van der Waals surface area contributed by atoms with Crippen LogP contribution in [-0.2, 0) is 0 Å². The summed E-state index contributed by atoms with van der Waals surface area (Å²) in [5, 5.41) is 5.19. The van der Waals surface area contributed by atoms with Crippen LogP contribution >= 0.6 is 35.4 Å². The van der Waals surface area contributed by atoms with Crippen LogP contribution in [0.1, 0.15) is 43.3 Å². The molecule has 150 valence electrons. The molecule has 1 aliphatic heterocycles. The van der Waals surface area contributed by atoms with Crippen LogP contribution in [-0.4, -0.2) is 21.5 Å². The van der Waals surface area contributed by atoms with Crippen LogP contribution in [0.25, 0.3) is 11.3 Å². The van der Waals surface area contributed by atoms with E-state index in [-0.39, 0.29) is 12.1 Å². The van der Waals surface area contributed by atoms with Crippen LogP contribution < -0.4 is 5.32 Å². The third kappa shape index (κ3) is 4.13. The average molecular weight is 446 g/mol. The molecule has 0 saturated carbocycles. The Hall–Kier alpha value is -2.08. The number of nitrogens with one attached hydrogen (secondary N) is 1. The van der Waals surface area contributed by atoms with Gasteiger partial charge in [0.2, 0.25) is 0 Å². The first-order chi connectivity index (χ1) is 14.1. The van der Waals surface area contributed by atoms with E-state index in [1.165, 1.54) is 0 Å². The molecule has 0 bridgehead atoms. The smallest absolute Gasteiger partial charge is 0.170 e. The molecule has 0 radical (unpaired) electrons. The first kappa shape index (κ1) is 20.2. The molecule has 3 heterocycles. The zero-order valence-electron chi connectivity index (χ0n) is 15.9. The van der Waals surface area contributed by atoms with Crippen molar-refractivity contribution in [2.24, 2.45) is 0 Å². The van der Waals surface area contributed by atoms with Crippen molar-refractivity contribution >= 4 is 40.5 Å². The van der Waals surface area contributed by atoms with Gasteiger partial charge >= 0.3 is 0 Å². The minimum Gasteiger partial charge on any atom is -0.459 e. The molecule has 3 aromatic rings. The first-order valence-electron chi connectivity index (χ1n) is 9.61. The molecule has 7 heteroatoms. The summed E-state index contributed by atoms with van der Waals surface area (Å²) in [6.45, 7) is 3.03. The third-order valence-corrected chi connectivity index (χ3v) is 6.16. The van der Waals surface area contributed by atoms with E-state index >= 15 is 0 Å². The Balaban J connectivity index is 1.71. The van der Waals surface area contributed by atoms with E-state index in [2.05, 4.69) is 22.1 Å². The van der Waals surface area contributed by atoms with Crippen LogP contribution in [0.4, 0.5) is 0 Å². The van der Waals surface area contributed by atoms with Gasteiger partial charge < -0.3 is 14.6 Å². The molecule has 29 heavy (non-hydrogen) atoms. The number of hydrogen-bond acceptors (Lipinski definition) is 3. The zero-order chi connectivity index (χ0) is 20.4. The summed E-state index contributed by atoms with van der Waals surface area (Å²) in [4.78, 5) is 6.75. The van der Waals surface area contributed by atoms with Crippen molar-refractivity contribution in [1.29, 1.82) is 0 Å². The fourth-order valence-corrected chi connectivity index (χ4v) is 4.23. The summed E-state index contributed by atoms with van der Waals surface area (Å²) in [6, 6.07) is 15.2. The molecule has 1 fully saturated rings. The maximum atomic E-state index is 6.29. The van der Waals surface area contributed by atoms with Gasteiger partial charge in [0.05, 0.1) is 21.8 Å². The van der Waals surface area contributed by atoms with Gasteiger partial charge in [-0.25, -0.2) is 0 Å². The lowest BCUT2D eigenvalue weighted by Gasteiger charge is -2.25. The van der Waals surface area contributed by atoms with Gasteiger partial charge in [-0.3, -0.25) is 4.98 Å². The number of rotatable bonds is 6. The number of aromatic nitrogens is 1. The van der Waals surface area contributed by atoms with Crippen molar-refractivity contribution in [1.82, 2.24) is 15.2 Å². The highest BCUT2D eigenvalue weighted by Crippen LogP contribution is 2.41. The van der Waals surface area contributed by atoms with E-state index in [0.717, 1.165) is 47.3 Å². The molecular weight excluding hydrogens is 425 g/mol. The second-order valence-corrected chi connectivity index (χ2v) is 8.21. The fraction of sp³-hybridized carbons (Fsp3) is 0.273. The van der Waals surface area contributed by atoms with Gasteiger partial charge in [0.1, 0.15) is 17.6 Å². The predicted molar refractivity (Wildman–Crippen MR) is 121 cm³/mol. The Kier molecular flexibility index (Phi) is 6.09. The van der Waals surface area contributed by atoms with Crippen LogP contribution in [0.2, 0.25) is 10.0 Å². The van der Waals surface area contributed by atoms with Gasteiger partial charge in [-0.1, -0.05) is 42.6 Å². The van der Waals surface area contributed by atoms with Crippen molar-refractivity contribution in [3.8, 4) is 11.3 Å². The monoisotopic (exact) mass is 445 g/mol. The molecule has 2 aromatic heterocycles. The lowest BCUT2D eigenvalue weighted by molar-refractivity contribution is 0.271. The molecule has 0 spiro atoms. The van der Waals surface area contributed by atoms with Gasteiger partial charge in [0.15, 0.2) is 5.11 Å². The van der Waals surface area contributed by atoms with Crippen molar-refractivity contribution < 1.29 is 4.42 Å². The van der Waals surface area contributed by atoms with Crippen LogP contribution in [0.3, 0.4) is 0 Å². The largest absolute Gasteiger partial charge is 0.459 e. The number of hydrogen-bond donors (Lipinski definition) is 1. The number of halogens is 2. The van der Waals surface area contributed by atoms with Gasteiger partial charge in [0.25, 0.3) is 0 Å². The second kappa shape index (κ2) is 8.74. The Morgan fingerprint density at radius 1 is 1.14 bits per heavy atom. The molecular formula is C22H21Cl2N3OS. The van der Waals surface area contributed by atoms with E-state index in [9.17, 15) is 0 Å². The molecule has 2 atom stereocenters. The molecule has 1 aromatic carbocycles. The maximum Gasteiger partial charge on any atom is 0.170 e. The van der Waals surface area contributed by atoms with E-state index in [1.807, 2.05) is 42.5 Å². The highest BCUT2D eigenvalue weighted by molar-refractivity contribution is 7.80. The lowest BCUT2D eigenvalue weighted by atomic mass is 10.0. The summed E-state index contributed by atoms with van der Waals surface area (Å²) in [5.41, 5.74) is 1.82. The van der Waals surface area contributed by atoms with Crippen molar-refractivity contribution in [3.63, 3.8) is 0 Å². The normalized spacial score (nSPS) is 18.9. The van der Waals surface area contributed by atoms with Gasteiger partial charge in [-0.15, -0.1) is 0 Å². The van der Waals surface area contributed by atoms with E-state index in [0.29, 0.717) is 10.0 Å². The molecule has 0 amide bonds. The van der Waals surface area contributed by atoms with Crippen LogP contribution in [0.5, 0.6) is 0 Å². The molecule has 0 unspecified atom stereocenters. The van der Waals surface area contributed by atoms with E-state index in [4.69, 9.17) is 39.8 Å². The molecule has 1 aliphatic rings. The van der Waals surface area contributed by atoms with Crippen molar-refractivity contribution in [2.75, 3.05) is 6.54 Å².